The number of benzene rings is 2. The number of halogens is 1. The van der Waals surface area contributed by atoms with Crippen molar-refractivity contribution in [3.05, 3.63) is 47.8 Å². The van der Waals surface area contributed by atoms with Crippen LogP contribution in [-0.4, -0.2) is 20.2 Å². The van der Waals surface area contributed by atoms with Gasteiger partial charge in [-0.25, -0.2) is 4.39 Å². The van der Waals surface area contributed by atoms with Gasteiger partial charge in [-0.2, -0.15) is 4.68 Å². The third kappa shape index (κ3) is 2.29. The highest BCUT2D eigenvalue weighted by Gasteiger charge is 2.14. The molecule has 0 fully saturated rings. The van der Waals surface area contributed by atoms with Crippen LogP contribution < -0.4 is 11.5 Å². The van der Waals surface area contributed by atoms with Crippen LogP contribution in [0.4, 0.5) is 15.8 Å². The van der Waals surface area contributed by atoms with Gasteiger partial charge in [-0.15, -0.1) is 5.10 Å². The lowest BCUT2D eigenvalue weighted by molar-refractivity contribution is 0.617. The zero-order chi connectivity index (χ0) is 15.0. The number of anilines is 2. The van der Waals surface area contributed by atoms with Crippen LogP contribution in [0.25, 0.3) is 17.1 Å². The Morgan fingerprint density at radius 1 is 1.10 bits per heavy atom. The van der Waals surface area contributed by atoms with Crippen molar-refractivity contribution in [1.29, 1.82) is 0 Å². The van der Waals surface area contributed by atoms with E-state index in [1.807, 2.05) is 0 Å². The third-order valence-electron chi connectivity index (χ3n) is 3.17. The van der Waals surface area contributed by atoms with Crippen LogP contribution in [0.2, 0.25) is 0 Å². The van der Waals surface area contributed by atoms with Crippen molar-refractivity contribution in [1.82, 2.24) is 20.2 Å². The smallest absolute Gasteiger partial charge is 0.189 e. The normalized spacial score (nSPS) is 10.8. The molecule has 3 aromatic rings. The number of aryl methyl sites for hydroxylation is 1. The largest absolute Gasteiger partial charge is 0.399 e. The monoisotopic (exact) mass is 284 g/mol. The molecule has 0 unspecified atom stereocenters. The Kier molecular flexibility index (Phi) is 3.02. The molecule has 4 N–H and O–H groups in total. The number of aromatic nitrogens is 4. The summed E-state index contributed by atoms with van der Waals surface area (Å²) in [5.41, 5.74) is 14.5. The maximum Gasteiger partial charge on any atom is 0.189 e. The molecule has 6 nitrogen and oxygen atoms in total. The SMILES string of the molecule is Cc1cc(-n2nnnc2-c2ccc(N)cc2N)ccc1F. The van der Waals surface area contributed by atoms with Crippen LogP contribution in [0.1, 0.15) is 5.56 Å². The average molecular weight is 284 g/mol. The first kappa shape index (κ1) is 13.0. The molecule has 0 radical (unpaired) electrons. The van der Waals surface area contributed by atoms with Crippen LogP contribution in [0.15, 0.2) is 36.4 Å². The Morgan fingerprint density at radius 3 is 2.62 bits per heavy atom. The molecular weight excluding hydrogens is 271 g/mol. The summed E-state index contributed by atoms with van der Waals surface area (Å²) in [6, 6.07) is 9.77. The molecule has 0 amide bonds. The van der Waals surface area contributed by atoms with Gasteiger partial charge in [0.25, 0.3) is 0 Å². The third-order valence-corrected chi connectivity index (χ3v) is 3.17. The Hall–Kier alpha value is -2.96. The van der Waals surface area contributed by atoms with E-state index in [-0.39, 0.29) is 5.82 Å². The second-order valence-corrected chi connectivity index (χ2v) is 4.69. The van der Waals surface area contributed by atoms with E-state index in [2.05, 4.69) is 15.5 Å². The molecule has 2 aromatic carbocycles. The number of tetrazole rings is 1. The molecule has 0 spiro atoms. The fourth-order valence-electron chi connectivity index (χ4n) is 2.07. The topological polar surface area (TPSA) is 95.6 Å². The van der Waals surface area contributed by atoms with Gasteiger partial charge in [-0.1, -0.05) is 0 Å². The van der Waals surface area contributed by atoms with E-state index in [1.165, 1.54) is 10.7 Å². The van der Waals surface area contributed by atoms with E-state index in [0.717, 1.165) is 0 Å². The van der Waals surface area contributed by atoms with Gasteiger partial charge in [0.05, 0.1) is 5.69 Å². The molecule has 7 heteroatoms. The molecule has 0 aliphatic rings. The number of nitrogens with two attached hydrogens (primary N) is 2. The van der Waals surface area contributed by atoms with E-state index in [1.54, 1.807) is 37.3 Å². The number of nitrogens with zero attached hydrogens (tertiary/aromatic N) is 4. The second-order valence-electron chi connectivity index (χ2n) is 4.69. The summed E-state index contributed by atoms with van der Waals surface area (Å²) in [5, 5.41) is 11.6. The Bertz CT molecular complexity index is 811. The highest BCUT2D eigenvalue weighted by molar-refractivity contribution is 5.75. The van der Waals surface area contributed by atoms with Crippen molar-refractivity contribution in [3.63, 3.8) is 0 Å². The fourth-order valence-corrected chi connectivity index (χ4v) is 2.07. The van der Waals surface area contributed by atoms with Crippen molar-refractivity contribution in [2.45, 2.75) is 6.92 Å². The zero-order valence-electron chi connectivity index (χ0n) is 11.3. The predicted molar refractivity (Wildman–Crippen MR) is 78.1 cm³/mol. The average Bonchev–Trinajstić information content (AvgIpc) is 2.91. The van der Waals surface area contributed by atoms with Crippen molar-refractivity contribution in [3.8, 4) is 17.1 Å². The van der Waals surface area contributed by atoms with E-state index >= 15 is 0 Å². The lowest BCUT2D eigenvalue weighted by Gasteiger charge is -2.08. The zero-order valence-corrected chi connectivity index (χ0v) is 11.3. The van der Waals surface area contributed by atoms with Crippen molar-refractivity contribution in [2.24, 2.45) is 0 Å². The van der Waals surface area contributed by atoms with Crippen molar-refractivity contribution in [2.75, 3.05) is 11.5 Å². The summed E-state index contributed by atoms with van der Waals surface area (Å²) in [5.74, 6) is 0.193. The summed E-state index contributed by atoms with van der Waals surface area (Å²) in [4.78, 5) is 0. The van der Waals surface area contributed by atoms with E-state index in [4.69, 9.17) is 11.5 Å². The molecule has 21 heavy (non-hydrogen) atoms. The van der Waals surface area contributed by atoms with Crippen LogP contribution in [-0.2, 0) is 0 Å². The standard InChI is InChI=1S/C14H13FN6/c1-8-6-10(3-5-12(8)15)21-14(18-19-20-21)11-4-2-9(16)7-13(11)17/h2-7H,16-17H2,1H3. The molecule has 0 saturated carbocycles. The van der Waals surface area contributed by atoms with Crippen LogP contribution in [0.5, 0.6) is 0 Å². The van der Waals surface area contributed by atoms with Gasteiger partial charge in [0.1, 0.15) is 5.82 Å². The molecule has 0 aliphatic carbocycles. The maximum atomic E-state index is 13.4. The number of hydrogen-bond acceptors (Lipinski definition) is 5. The van der Waals surface area contributed by atoms with E-state index < -0.39 is 0 Å². The van der Waals surface area contributed by atoms with Crippen LogP contribution in [0, 0.1) is 12.7 Å². The van der Waals surface area contributed by atoms with Gasteiger partial charge in [0.2, 0.25) is 0 Å². The maximum absolute atomic E-state index is 13.4. The first-order chi connectivity index (χ1) is 10.1. The first-order valence-corrected chi connectivity index (χ1v) is 6.26. The molecule has 1 aromatic heterocycles. The molecule has 0 aliphatic heterocycles. The Morgan fingerprint density at radius 2 is 1.90 bits per heavy atom. The first-order valence-electron chi connectivity index (χ1n) is 6.26. The quantitative estimate of drug-likeness (QED) is 0.701. The van der Waals surface area contributed by atoms with Gasteiger partial charge in [0.15, 0.2) is 5.82 Å². The number of nitrogen functional groups attached to an aromatic ring is 2. The van der Waals surface area contributed by atoms with E-state index in [0.29, 0.717) is 34.0 Å². The minimum Gasteiger partial charge on any atom is -0.399 e. The molecule has 106 valence electrons. The second kappa shape index (κ2) is 4.86. The number of hydrogen-bond donors (Lipinski definition) is 2. The molecule has 0 saturated heterocycles. The molecular formula is C14H13FN6. The fraction of sp³-hybridized carbons (Fsp3) is 0.0714. The summed E-state index contributed by atoms with van der Waals surface area (Å²) < 4.78 is 14.9. The highest BCUT2D eigenvalue weighted by Crippen LogP contribution is 2.27. The molecule has 3 rings (SSSR count). The molecule has 1 heterocycles. The Balaban J connectivity index is 2.14. The summed E-state index contributed by atoms with van der Waals surface area (Å²) in [6.45, 7) is 1.68. The summed E-state index contributed by atoms with van der Waals surface area (Å²) in [6.07, 6.45) is 0. The number of rotatable bonds is 2. The Labute approximate surface area is 120 Å². The lowest BCUT2D eigenvalue weighted by atomic mass is 10.1. The lowest BCUT2D eigenvalue weighted by Crippen LogP contribution is -2.03. The van der Waals surface area contributed by atoms with Gasteiger partial charge in [-0.3, -0.25) is 0 Å². The van der Waals surface area contributed by atoms with Gasteiger partial charge in [-0.05, 0) is 59.3 Å². The van der Waals surface area contributed by atoms with Gasteiger partial charge < -0.3 is 11.5 Å². The minimum absolute atomic E-state index is 0.277. The highest BCUT2D eigenvalue weighted by atomic mass is 19.1. The predicted octanol–water partition coefficient (Wildman–Crippen LogP) is 1.94. The summed E-state index contributed by atoms with van der Waals surface area (Å²) in [7, 11) is 0. The summed E-state index contributed by atoms with van der Waals surface area (Å²) >= 11 is 0. The van der Waals surface area contributed by atoms with Crippen molar-refractivity contribution < 1.29 is 4.39 Å². The molecule has 0 atom stereocenters. The molecule has 0 bridgehead atoms. The van der Waals surface area contributed by atoms with Gasteiger partial charge in [0, 0.05) is 16.9 Å². The van der Waals surface area contributed by atoms with Crippen LogP contribution in [0.3, 0.4) is 0 Å². The van der Waals surface area contributed by atoms with Crippen molar-refractivity contribution >= 4 is 11.4 Å². The van der Waals surface area contributed by atoms with Gasteiger partial charge >= 0.3 is 0 Å². The van der Waals surface area contributed by atoms with Crippen LogP contribution >= 0.6 is 0 Å². The van der Waals surface area contributed by atoms with E-state index in [9.17, 15) is 4.39 Å². The minimum atomic E-state index is -0.277.